The first-order valence-corrected chi connectivity index (χ1v) is 3.97. The fourth-order valence-corrected chi connectivity index (χ4v) is 0.827. The first-order chi connectivity index (χ1) is 6.08. The first-order valence-electron chi connectivity index (χ1n) is 3.97. The first kappa shape index (κ1) is 9.96. The molecule has 1 aromatic carbocycles. The Hall–Kier alpha value is -1.13. The Kier molecular flexibility index (Phi) is 3.22. The lowest BCUT2D eigenvalue weighted by molar-refractivity contribution is 0.320. The van der Waals surface area contributed by atoms with Crippen LogP contribution in [0.4, 0.5) is 12.9 Å². The van der Waals surface area contributed by atoms with E-state index in [1.165, 1.54) is 0 Å². The molecule has 0 atom stereocenters. The molecule has 0 N–H and O–H groups in total. The molecule has 0 spiro atoms. The molecule has 0 aliphatic carbocycles. The smallest absolute Gasteiger partial charge is 0.481 e. The molecule has 0 saturated heterocycles. The highest BCUT2D eigenvalue weighted by Crippen LogP contribution is 2.16. The van der Waals surface area contributed by atoms with Crippen LogP contribution in [0.25, 0.3) is 0 Å². The standard InChI is InChI=1S/C8H9BF3O/c10-9(11,12)6-7-13-8-4-2-1-3-5-8/h1-5H,6-7H2/q-1. The van der Waals surface area contributed by atoms with Crippen molar-refractivity contribution in [1.29, 1.82) is 0 Å². The second-order valence-corrected chi connectivity index (χ2v) is 2.66. The number of ether oxygens (including phenoxy) is 1. The summed E-state index contributed by atoms with van der Waals surface area (Å²) in [5, 5.41) is 0. The Labute approximate surface area is 74.6 Å². The molecule has 0 fully saturated rings. The van der Waals surface area contributed by atoms with Crippen LogP contribution in [0.15, 0.2) is 30.3 Å². The summed E-state index contributed by atoms with van der Waals surface area (Å²) in [6.07, 6.45) is -0.852. The molecule has 0 amide bonds. The molecule has 0 aliphatic rings. The maximum Gasteiger partial charge on any atom is 0.481 e. The monoisotopic (exact) mass is 189 g/mol. The van der Waals surface area contributed by atoms with Crippen molar-refractivity contribution in [1.82, 2.24) is 0 Å². The fraction of sp³-hybridized carbons (Fsp3) is 0.250. The van der Waals surface area contributed by atoms with Gasteiger partial charge in [0.05, 0.1) is 6.61 Å². The minimum Gasteiger partial charge on any atom is -0.497 e. The van der Waals surface area contributed by atoms with Gasteiger partial charge in [0.25, 0.3) is 0 Å². The predicted octanol–water partition coefficient (Wildman–Crippen LogP) is 2.91. The van der Waals surface area contributed by atoms with Crippen molar-refractivity contribution in [3.8, 4) is 5.75 Å². The van der Waals surface area contributed by atoms with E-state index in [-0.39, 0.29) is 6.61 Å². The molecule has 0 heterocycles. The molecule has 0 unspecified atom stereocenters. The number of rotatable bonds is 4. The van der Waals surface area contributed by atoms with Gasteiger partial charge in [0.2, 0.25) is 0 Å². The van der Waals surface area contributed by atoms with E-state index in [9.17, 15) is 12.9 Å². The molecule has 1 rings (SSSR count). The van der Waals surface area contributed by atoms with Gasteiger partial charge < -0.3 is 17.7 Å². The number of halogens is 3. The second-order valence-electron chi connectivity index (χ2n) is 2.66. The lowest BCUT2D eigenvalue weighted by atomic mass is 9.87. The zero-order valence-electron chi connectivity index (χ0n) is 6.92. The van der Waals surface area contributed by atoms with Crippen LogP contribution in [0.2, 0.25) is 6.32 Å². The summed E-state index contributed by atoms with van der Waals surface area (Å²) in [5.41, 5.74) is 0. The van der Waals surface area contributed by atoms with E-state index in [2.05, 4.69) is 0 Å². The molecule has 72 valence electrons. The Morgan fingerprint density at radius 3 is 2.23 bits per heavy atom. The van der Waals surface area contributed by atoms with Crippen LogP contribution in [-0.2, 0) is 0 Å². The molecule has 0 bridgehead atoms. The molecule has 0 aromatic heterocycles. The summed E-state index contributed by atoms with van der Waals surface area (Å²) < 4.78 is 40.1. The number of para-hydroxylation sites is 1. The van der Waals surface area contributed by atoms with E-state index in [4.69, 9.17) is 4.74 Å². The number of hydrogen-bond donors (Lipinski definition) is 0. The van der Waals surface area contributed by atoms with Gasteiger partial charge in [-0.3, -0.25) is 0 Å². The minimum absolute atomic E-state index is 0.298. The molecular formula is C8H9BF3O-. The maximum atomic E-state index is 11.7. The van der Waals surface area contributed by atoms with Crippen molar-refractivity contribution >= 4 is 6.98 Å². The highest BCUT2D eigenvalue weighted by Gasteiger charge is 2.22. The van der Waals surface area contributed by atoms with Gasteiger partial charge in [-0.1, -0.05) is 24.5 Å². The van der Waals surface area contributed by atoms with Crippen LogP contribution in [0.1, 0.15) is 0 Å². The Morgan fingerprint density at radius 2 is 1.69 bits per heavy atom. The molecule has 0 aliphatic heterocycles. The predicted molar refractivity (Wildman–Crippen MR) is 45.8 cm³/mol. The Bertz CT molecular complexity index is 247. The normalized spacial score (nSPS) is 11.3. The van der Waals surface area contributed by atoms with Gasteiger partial charge in [0.15, 0.2) is 0 Å². The van der Waals surface area contributed by atoms with Crippen molar-refractivity contribution in [3.63, 3.8) is 0 Å². The van der Waals surface area contributed by atoms with E-state index in [0.717, 1.165) is 0 Å². The van der Waals surface area contributed by atoms with Crippen LogP contribution in [0.3, 0.4) is 0 Å². The quantitative estimate of drug-likeness (QED) is 0.661. The van der Waals surface area contributed by atoms with Gasteiger partial charge in [-0.05, 0) is 12.1 Å². The van der Waals surface area contributed by atoms with Crippen LogP contribution >= 0.6 is 0 Å². The van der Waals surface area contributed by atoms with E-state index >= 15 is 0 Å². The van der Waals surface area contributed by atoms with Gasteiger partial charge in [0.1, 0.15) is 5.75 Å². The third kappa shape index (κ3) is 4.45. The Balaban J connectivity index is 2.29. The summed E-state index contributed by atoms with van der Waals surface area (Å²) in [4.78, 5) is 0. The third-order valence-electron chi connectivity index (χ3n) is 1.46. The van der Waals surface area contributed by atoms with Crippen molar-refractivity contribution in [2.24, 2.45) is 0 Å². The largest absolute Gasteiger partial charge is 0.497 e. The van der Waals surface area contributed by atoms with E-state index in [0.29, 0.717) is 5.75 Å². The molecular weight excluding hydrogens is 180 g/mol. The summed E-state index contributed by atoms with van der Waals surface area (Å²) in [7, 11) is 0. The van der Waals surface area contributed by atoms with Gasteiger partial charge >= 0.3 is 6.98 Å². The average Bonchev–Trinajstić information content (AvgIpc) is 2.04. The summed E-state index contributed by atoms with van der Waals surface area (Å²) >= 11 is 0. The van der Waals surface area contributed by atoms with Crippen LogP contribution in [-0.4, -0.2) is 13.6 Å². The minimum atomic E-state index is -4.73. The molecule has 0 radical (unpaired) electrons. The molecule has 0 saturated carbocycles. The van der Waals surface area contributed by atoms with Crippen LogP contribution in [0.5, 0.6) is 5.75 Å². The van der Waals surface area contributed by atoms with E-state index < -0.39 is 13.3 Å². The van der Waals surface area contributed by atoms with E-state index in [1.807, 2.05) is 0 Å². The summed E-state index contributed by atoms with van der Waals surface area (Å²) in [6.45, 7) is -5.02. The van der Waals surface area contributed by atoms with Crippen LogP contribution < -0.4 is 4.74 Å². The zero-order valence-corrected chi connectivity index (χ0v) is 6.92. The fourth-order valence-electron chi connectivity index (χ4n) is 0.827. The molecule has 1 nitrogen and oxygen atoms in total. The topological polar surface area (TPSA) is 9.23 Å². The number of benzene rings is 1. The molecule has 5 heteroatoms. The maximum absolute atomic E-state index is 11.7. The summed E-state index contributed by atoms with van der Waals surface area (Å²) in [5.74, 6) is 0.475. The third-order valence-corrected chi connectivity index (χ3v) is 1.46. The number of hydrogen-bond acceptors (Lipinski definition) is 1. The summed E-state index contributed by atoms with van der Waals surface area (Å²) in [6, 6.07) is 8.47. The average molecular weight is 189 g/mol. The SMILES string of the molecule is F[B-](F)(F)CCOc1ccccc1. The van der Waals surface area contributed by atoms with E-state index in [1.54, 1.807) is 30.3 Å². The Morgan fingerprint density at radius 1 is 1.08 bits per heavy atom. The lowest BCUT2D eigenvalue weighted by Crippen LogP contribution is -2.18. The van der Waals surface area contributed by atoms with Crippen molar-refractivity contribution in [2.75, 3.05) is 6.61 Å². The van der Waals surface area contributed by atoms with Crippen molar-refractivity contribution in [2.45, 2.75) is 6.32 Å². The second kappa shape index (κ2) is 4.21. The van der Waals surface area contributed by atoms with Crippen molar-refractivity contribution in [3.05, 3.63) is 30.3 Å². The van der Waals surface area contributed by atoms with Crippen LogP contribution in [0, 0.1) is 0 Å². The highest BCUT2D eigenvalue weighted by molar-refractivity contribution is 6.58. The molecule has 1 aromatic rings. The van der Waals surface area contributed by atoms with Gasteiger partial charge in [0, 0.05) is 0 Å². The highest BCUT2D eigenvalue weighted by atomic mass is 19.4. The van der Waals surface area contributed by atoms with Gasteiger partial charge in [-0.2, -0.15) is 0 Å². The molecule has 13 heavy (non-hydrogen) atoms. The van der Waals surface area contributed by atoms with Crippen molar-refractivity contribution < 1.29 is 17.7 Å². The lowest BCUT2D eigenvalue weighted by Gasteiger charge is -2.13. The zero-order chi connectivity index (χ0) is 9.73. The van der Waals surface area contributed by atoms with Gasteiger partial charge in [-0.25, -0.2) is 0 Å². The van der Waals surface area contributed by atoms with Gasteiger partial charge in [-0.15, -0.1) is 0 Å².